The van der Waals surface area contributed by atoms with Crippen LogP contribution in [0.4, 0.5) is 0 Å². The average molecular weight is 345 g/mol. The predicted octanol–water partition coefficient (Wildman–Crippen LogP) is 2.57. The summed E-state index contributed by atoms with van der Waals surface area (Å²) in [7, 11) is 1.39. The van der Waals surface area contributed by atoms with E-state index in [2.05, 4.69) is 25.5 Å². The maximum Gasteiger partial charge on any atom is 0.348 e. The minimum atomic E-state index is -0.310. The summed E-state index contributed by atoms with van der Waals surface area (Å²) in [6.45, 7) is 1.62. The number of rotatable bonds is 4. The molecule has 1 fully saturated rings. The van der Waals surface area contributed by atoms with Crippen molar-refractivity contribution in [2.75, 3.05) is 13.7 Å². The molecule has 0 saturated carbocycles. The molecule has 0 N–H and O–H groups in total. The Morgan fingerprint density at radius 3 is 3.11 bits per heavy atom. The number of hydrogen-bond acceptors (Lipinski definition) is 5. The van der Waals surface area contributed by atoms with Crippen LogP contribution in [0.5, 0.6) is 0 Å². The van der Waals surface area contributed by atoms with Gasteiger partial charge in [0.1, 0.15) is 15.5 Å². The number of esters is 1. The van der Waals surface area contributed by atoms with E-state index < -0.39 is 0 Å². The Balaban J connectivity index is 1.99. The minimum Gasteiger partial charge on any atom is -0.465 e. The third-order valence-electron chi connectivity index (χ3n) is 3.21. The maximum absolute atomic E-state index is 11.6. The van der Waals surface area contributed by atoms with Crippen molar-refractivity contribution in [3.63, 3.8) is 0 Å². The molecule has 2 aromatic heterocycles. The van der Waals surface area contributed by atoms with Crippen LogP contribution in [0.3, 0.4) is 0 Å². The lowest BCUT2D eigenvalue weighted by Gasteiger charge is -2.27. The van der Waals surface area contributed by atoms with Crippen LogP contribution >= 0.6 is 27.3 Å². The van der Waals surface area contributed by atoms with Gasteiger partial charge in [0.15, 0.2) is 0 Å². The molecule has 0 amide bonds. The number of halogens is 1. The summed E-state index contributed by atoms with van der Waals surface area (Å²) < 4.78 is 12.3. The lowest BCUT2D eigenvalue weighted by molar-refractivity contribution is -0.0589. The first-order valence-electron chi connectivity index (χ1n) is 5.97. The highest BCUT2D eigenvalue weighted by Gasteiger charge is 2.23. The van der Waals surface area contributed by atoms with E-state index in [9.17, 15) is 4.79 Å². The molecule has 0 radical (unpaired) electrons. The zero-order chi connectivity index (χ0) is 13.4. The van der Waals surface area contributed by atoms with Crippen LogP contribution in [-0.2, 0) is 21.3 Å². The number of nitrogens with zero attached hydrogens (tertiary/aromatic N) is 2. The van der Waals surface area contributed by atoms with Crippen LogP contribution in [0.1, 0.15) is 21.9 Å². The number of ether oxygens (including phenoxy) is 2. The Morgan fingerprint density at radius 2 is 2.53 bits per heavy atom. The Bertz CT molecular complexity index is 618. The van der Waals surface area contributed by atoms with E-state index >= 15 is 0 Å². The molecule has 3 heterocycles. The molecule has 5 nitrogen and oxygen atoms in total. The lowest BCUT2D eigenvalue weighted by atomic mass is 10.2. The number of aromatic nitrogens is 2. The van der Waals surface area contributed by atoms with E-state index in [1.54, 1.807) is 0 Å². The quantitative estimate of drug-likeness (QED) is 0.631. The second kappa shape index (κ2) is 5.22. The highest BCUT2D eigenvalue weighted by molar-refractivity contribution is 9.08. The highest BCUT2D eigenvalue weighted by atomic mass is 79.9. The number of thiophene rings is 1. The predicted molar refractivity (Wildman–Crippen MR) is 75.9 cm³/mol. The Kier molecular flexibility index (Phi) is 3.60. The first-order chi connectivity index (χ1) is 9.22. The van der Waals surface area contributed by atoms with Crippen molar-refractivity contribution in [3.8, 4) is 0 Å². The molecule has 1 aliphatic heterocycles. The maximum atomic E-state index is 11.6. The molecule has 0 spiro atoms. The van der Waals surface area contributed by atoms with Crippen LogP contribution < -0.4 is 0 Å². The van der Waals surface area contributed by atoms with Gasteiger partial charge in [-0.15, -0.1) is 11.3 Å². The summed E-state index contributed by atoms with van der Waals surface area (Å²) in [6.07, 6.45) is 1.34. The topological polar surface area (TPSA) is 53.3 Å². The number of alkyl halides is 1. The van der Waals surface area contributed by atoms with Gasteiger partial charge in [0.2, 0.25) is 0 Å². The van der Waals surface area contributed by atoms with Gasteiger partial charge in [-0.2, -0.15) is 0 Å². The fourth-order valence-electron chi connectivity index (χ4n) is 2.10. The van der Waals surface area contributed by atoms with Gasteiger partial charge in [0, 0.05) is 6.61 Å². The number of methoxy groups -OCH3 is 1. The molecular formula is C12H13BrN2O3S. The SMILES string of the molecule is COC(=O)c1cc2c(nc(CBr)n2C[C@@H]2CCO2)s1. The van der Waals surface area contributed by atoms with E-state index in [0.717, 1.165) is 35.7 Å². The third-order valence-corrected chi connectivity index (χ3v) is 4.71. The summed E-state index contributed by atoms with van der Waals surface area (Å²) in [4.78, 5) is 17.6. The van der Waals surface area contributed by atoms with Crippen LogP contribution in [0.25, 0.3) is 10.3 Å². The largest absolute Gasteiger partial charge is 0.465 e. The minimum absolute atomic E-state index is 0.261. The molecule has 102 valence electrons. The zero-order valence-corrected chi connectivity index (χ0v) is 12.8. The van der Waals surface area contributed by atoms with Gasteiger partial charge in [-0.3, -0.25) is 0 Å². The molecule has 1 saturated heterocycles. The van der Waals surface area contributed by atoms with Crippen LogP contribution in [0.2, 0.25) is 0 Å². The molecule has 0 bridgehead atoms. The fraction of sp³-hybridized carbons (Fsp3) is 0.500. The van der Waals surface area contributed by atoms with Crippen LogP contribution in [-0.4, -0.2) is 35.3 Å². The highest BCUT2D eigenvalue weighted by Crippen LogP contribution is 2.29. The second-order valence-electron chi connectivity index (χ2n) is 4.35. The molecule has 2 aromatic rings. The van der Waals surface area contributed by atoms with E-state index in [4.69, 9.17) is 9.47 Å². The van der Waals surface area contributed by atoms with Gasteiger partial charge in [0.25, 0.3) is 0 Å². The third kappa shape index (κ3) is 2.30. The Morgan fingerprint density at radius 1 is 1.74 bits per heavy atom. The summed E-state index contributed by atoms with van der Waals surface area (Å²) in [6, 6.07) is 1.85. The normalized spacial score (nSPS) is 18.5. The molecule has 0 aromatic carbocycles. The summed E-state index contributed by atoms with van der Waals surface area (Å²) >= 11 is 4.82. The van der Waals surface area contributed by atoms with Crippen molar-refractivity contribution in [3.05, 3.63) is 16.8 Å². The monoisotopic (exact) mass is 344 g/mol. The van der Waals surface area contributed by atoms with E-state index in [1.807, 2.05) is 6.07 Å². The van der Waals surface area contributed by atoms with Gasteiger partial charge < -0.3 is 14.0 Å². The standard InChI is InChI=1S/C12H13BrN2O3S/c1-17-12(16)9-4-8-11(19-9)14-10(5-13)15(8)6-7-2-3-18-7/h4,7H,2-3,5-6H2,1H3/t7-/m0/s1. The molecule has 19 heavy (non-hydrogen) atoms. The van der Waals surface area contributed by atoms with Crippen molar-refractivity contribution >= 4 is 43.6 Å². The van der Waals surface area contributed by atoms with Crippen molar-refractivity contribution in [1.29, 1.82) is 0 Å². The van der Waals surface area contributed by atoms with Gasteiger partial charge in [0.05, 0.1) is 30.6 Å². The Hall–Kier alpha value is -0.920. The average Bonchev–Trinajstić information content (AvgIpc) is 2.90. The van der Waals surface area contributed by atoms with Crippen molar-refractivity contribution in [2.45, 2.75) is 24.4 Å². The van der Waals surface area contributed by atoms with Gasteiger partial charge in [-0.25, -0.2) is 9.78 Å². The smallest absolute Gasteiger partial charge is 0.348 e. The number of imidazole rings is 1. The van der Waals surface area contributed by atoms with Crippen molar-refractivity contribution < 1.29 is 14.3 Å². The van der Waals surface area contributed by atoms with E-state index in [0.29, 0.717) is 10.2 Å². The molecule has 3 rings (SSSR count). The zero-order valence-electron chi connectivity index (χ0n) is 10.4. The number of fused-ring (bicyclic) bond motifs is 1. The molecular weight excluding hydrogens is 332 g/mol. The van der Waals surface area contributed by atoms with E-state index in [-0.39, 0.29) is 12.1 Å². The van der Waals surface area contributed by atoms with Gasteiger partial charge >= 0.3 is 5.97 Å². The first kappa shape index (κ1) is 13.1. The number of carbonyl (C=O) groups excluding carboxylic acids is 1. The van der Waals surface area contributed by atoms with E-state index in [1.165, 1.54) is 18.4 Å². The number of carbonyl (C=O) groups is 1. The van der Waals surface area contributed by atoms with Crippen molar-refractivity contribution in [1.82, 2.24) is 9.55 Å². The molecule has 7 heteroatoms. The molecule has 0 unspecified atom stereocenters. The fourth-order valence-corrected chi connectivity index (χ4v) is 3.50. The lowest BCUT2D eigenvalue weighted by Crippen LogP contribution is -2.31. The summed E-state index contributed by atoms with van der Waals surface area (Å²) in [5, 5.41) is 0.689. The van der Waals surface area contributed by atoms with Crippen molar-refractivity contribution in [2.24, 2.45) is 0 Å². The van der Waals surface area contributed by atoms with Gasteiger partial charge in [-0.1, -0.05) is 15.9 Å². The van der Waals surface area contributed by atoms with Gasteiger partial charge in [-0.05, 0) is 12.5 Å². The molecule has 0 aliphatic carbocycles. The first-order valence-corrected chi connectivity index (χ1v) is 7.91. The Labute approximate surface area is 122 Å². The summed E-state index contributed by atoms with van der Waals surface area (Å²) in [5.74, 6) is 0.656. The molecule has 1 aliphatic rings. The van der Waals surface area contributed by atoms with Crippen LogP contribution in [0, 0.1) is 0 Å². The summed E-state index contributed by atoms with van der Waals surface area (Å²) in [5.41, 5.74) is 0.982. The van der Waals surface area contributed by atoms with Crippen LogP contribution in [0.15, 0.2) is 6.07 Å². The second-order valence-corrected chi connectivity index (χ2v) is 5.94. The number of hydrogen-bond donors (Lipinski definition) is 0. The molecule has 1 atom stereocenters.